The van der Waals surface area contributed by atoms with E-state index < -0.39 is 0 Å². The number of fused-ring (bicyclic) bond motifs is 1. The van der Waals surface area contributed by atoms with Crippen molar-refractivity contribution in [2.45, 2.75) is 20.8 Å². The predicted octanol–water partition coefficient (Wildman–Crippen LogP) is 5.22. The molecule has 0 amide bonds. The van der Waals surface area contributed by atoms with Crippen molar-refractivity contribution in [3.8, 4) is 11.1 Å². The molecule has 2 nitrogen and oxygen atoms in total. The molecule has 116 valence electrons. The van der Waals surface area contributed by atoms with E-state index in [0.717, 1.165) is 16.3 Å². The number of ether oxygens (including phenoxy) is 1. The molecule has 2 heteroatoms. The molecule has 0 heterocycles. The Morgan fingerprint density at radius 1 is 0.913 bits per heavy atom. The van der Waals surface area contributed by atoms with E-state index in [1.807, 2.05) is 18.2 Å². The van der Waals surface area contributed by atoms with Gasteiger partial charge < -0.3 is 4.74 Å². The van der Waals surface area contributed by atoms with Crippen LogP contribution >= 0.6 is 0 Å². The monoisotopic (exact) mass is 304 g/mol. The molecule has 3 aromatic carbocycles. The zero-order valence-corrected chi connectivity index (χ0v) is 13.9. The van der Waals surface area contributed by atoms with Gasteiger partial charge in [-0.2, -0.15) is 0 Å². The number of hydrogen-bond acceptors (Lipinski definition) is 2. The Bertz CT molecular complexity index is 884. The van der Waals surface area contributed by atoms with Crippen LogP contribution in [0.25, 0.3) is 21.9 Å². The van der Waals surface area contributed by atoms with Gasteiger partial charge in [-0.1, -0.05) is 42.0 Å². The topological polar surface area (TPSA) is 26.3 Å². The number of carbonyl (C=O) groups excluding carboxylic acids is 1. The van der Waals surface area contributed by atoms with Gasteiger partial charge in [0.05, 0.1) is 12.7 Å². The van der Waals surface area contributed by atoms with Crippen molar-refractivity contribution in [1.82, 2.24) is 0 Å². The molecule has 0 unspecified atom stereocenters. The lowest BCUT2D eigenvalue weighted by Gasteiger charge is -2.14. The first-order valence-electron chi connectivity index (χ1n) is 7.70. The summed E-state index contributed by atoms with van der Waals surface area (Å²) in [5.74, 6) is -0.306. The van der Waals surface area contributed by atoms with Gasteiger partial charge in [0.1, 0.15) is 0 Å². The van der Waals surface area contributed by atoms with E-state index >= 15 is 0 Å². The number of hydrogen-bond donors (Lipinski definition) is 0. The normalized spacial score (nSPS) is 10.8. The van der Waals surface area contributed by atoms with E-state index in [0.29, 0.717) is 5.56 Å². The first-order chi connectivity index (χ1) is 11.0. The summed E-state index contributed by atoms with van der Waals surface area (Å²) in [6.45, 7) is 6.39. The Morgan fingerprint density at radius 2 is 1.61 bits per heavy atom. The Kier molecular flexibility index (Phi) is 3.91. The molecule has 23 heavy (non-hydrogen) atoms. The summed E-state index contributed by atoms with van der Waals surface area (Å²) in [5.41, 5.74) is 6.73. The Labute approximate surface area is 136 Å². The first kappa shape index (κ1) is 15.3. The van der Waals surface area contributed by atoms with E-state index in [2.05, 4.69) is 51.1 Å². The van der Waals surface area contributed by atoms with Crippen molar-refractivity contribution >= 4 is 16.7 Å². The number of rotatable bonds is 2. The fourth-order valence-electron chi connectivity index (χ4n) is 3.34. The quantitative estimate of drug-likeness (QED) is 0.607. The highest BCUT2D eigenvalue weighted by Crippen LogP contribution is 2.34. The molecule has 0 N–H and O–H groups in total. The molecule has 0 saturated heterocycles. The van der Waals surface area contributed by atoms with Gasteiger partial charge in [-0.3, -0.25) is 0 Å². The highest BCUT2D eigenvalue weighted by molar-refractivity contribution is 6.02. The second kappa shape index (κ2) is 5.88. The number of methoxy groups -OCH3 is 1. The molecule has 0 aromatic heterocycles. The predicted molar refractivity (Wildman–Crippen MR) is 94.9 cm³/mol. The summed E-state index contributed by atoms with van der Waals surface area (Å²) in [5, 5.41) is 2.19. The lowest BCUT2D eigenvalue weighted by molar-refractivity contribution is 0.0601. The van der Waals surface area contributed by atoms with Crippen LogP contribution in [-0.2, 0) is 4.74 Å². The molecule has 0 bridgehead atoms. The standard InChI is InChI=1S/C21H20O2/c1-13-10-14(2)20(15(3)11-13)18-7-5-6-16-8-9-17(12-19(16)18)21(22)23-4/h5-12H,1-4H3. The van der Waals surface area contributed by atoms with Crippen molar-refractivity contribution < 1.29 is 9.53 Å². The van der Waals surface area contributed by atoms with Crippen LogP contribution in [-0.4, -0.2) is 13.1 Å². The average molecular weight is 304 g/mol. The third-order valence-corrected chi connectivity index (χ3v) is 4.25. The van der Waals surface area contributed by atoms with E-state index in [-0.39, 0.29) is 5.97 Å². The van der Waals surface area contributed by atoms with E-state index in [9.17, 15) is 4.79 Å². The lowest BCUT2D eigenvalue weighted by Crippen LogP contribution is -2.01. The van der Waals surface area contributed by atoms with Crippen molar-refractivity contribution in [1.29, 1.82) is 0 Å². The van der Waals surface area contributed by atoms with Gasteiger partial charge in [-0.25, -0.2) is 4.79 Å². The minimum Gasteiger partial charge on any atom is -0.465 e. The molecular weight excluding hydrogens is 284 g/mol. The van der Waals surface area contributed by atoms with Gasteiger partial charge in [-0.05, 0) is 65.9 Å². The van der Waals surface area contributed by atoms with Crippen LogP contribution in [0.5, 0.6) is 0 Å². The summed E-state index contributed by atoms with van der Waals surface area (Å²) in [6, 6.07) is 16.4. The first-order valence-corrected chi connectivity index (χ1v) is 7.70. The zero-order chi connectivity index (χ0) is 16.6. The summed E-state index contributed by atoms with van der Waals surface area (Å²) < 4.78 is 4.86. The van der Waals surface area contributed by atoms with Gasteiger partial charge in [0.25, 0.3) is 0 Å². The molecule has 0 spiro atoms. The van der Waals surface area contributed by atoms with Crippen LogP contribution in [0.2, 0.25) is 0 Å². The van der Waals surface area contributed by atoms with Crippen molar-refractivity contribution in [2.75, 3.05) is 7.11 Å². The van der Waals surface area contributed by atoms with Gasteiger partial charge >= 0.3 is 5.97 Å². The van der Waals surface area contributed by atoms with Crippen molar-refractivity contribution in [2.24, 2.45) is 0 Å². The van der Waals surface area contributed by atoms with Gasteiger partial charge in [-0.15, -0.1) is 0 Å². The van der Waals surface area contributed by atoms with E-state index in [1.54, 1.807) is 0 Å². The van der Waals surface area contributed by atoms with E-state index in [4.69, 9.17) is 4.74 Å². The summed E-state index contributed by atoms with van der Waals surface area (Å²) >= 11 is 0. The Balaban J connectivity index is 2.32. The van der Waals surface area contributed by atoms with Gasteiger partial charge in [0.15, 0.2) is 0 Å². The SMILES string of the molecule is COC(=O)c1ccc2cccc(-c3c(C)cc(C)cc3C)c2c1. The van der Waals surface area contributed by atoms with Crippen LogP contribution in [0, 0.1) is 20.8 Å². The highest BCUT2D eigenvalue weighted by Gasteiger charge is 2.12. The van der Waals surface area contributed by atoms with Gasteiger partial charge in [0.2, 0.25) is 0 Å². The van der Waals surface area contributed by atoms with Crippen LogP contribution in [0.15, 0.2) is 48.5 Å². The van der Waals surface area contributed by atoms with Crippen LogP contribution in [0.1, 0.15) is 27.0 Å². The van der Waals surface area contributed by atoms with Gasteiger partial charge in [0, 0.05) is 0 Å². The molecule has 0 atom stereocenters. The summed E-state index contributed by atoms with van der Waals surface area (Å²) in [4.78, 5) is 11.9. The molecule has 3 aromatic rings. The van der Waals surface area contributed by atoms with Crippen LogP contribution in [0.4, 0.5) is 0 Å². The molecule has 0 saturated carbocycles. The largest absolute Gasteiger partial charge is 0.465 e. The average Bonchev–Trinajstić information content (AvgIpc) is 2.53. The van der Waals surface area contributed by atoms with Crippen LogP contribution in [0.3, 0.4) is 0 Å². The minimum absolute atomic E-state index is 0.306. The Morgan fingerprint density at radius 3 is 2.26 bits per heavy atom. The zero-order valence-electron chi connectivity index (χ0n) is 13.9. The molecule has 0 fully saturated rings. The maximum Gasteiger partial charge on any atom is 0.337 e. The maximum absolute atomic E-state index is 11.9. The maximum atomic E-state index is 11.9. The number of benzene rings is 3. The molecule has 0 radical (unpaired) electrons. The van der Waals surface area contributed by atoms with Crippen molar-refractivity contribution in [3.63, 3.8) is 0 Å². The third-order valence-electron chi connectivity index (χ3n) is 4.25. The fourth-order valence-corrected chi connectivity index (χ4v) is 3.34. The number of carbonyl (C=O) groups is 1. The molecule has 0 aliphatic rings. The van der Waals surface area contributed by atoms with Crippen LogP contribution < -0.4 is 0 Å². The second-order valence-corrected chi connectivity index (χ2v) is 6.01. The minimum atomic E-state index is -0.306. The fraction of sp³-hybridized carbons (Fsp3) is 0.190. The molecular formula is C21H20O2. The molecule has 3 rings (SSSR count). The third kappa shape index (κ3) is 2.72. The second-order valence-electron chi connectivity index (χ2n) is 6.01. The lowest BCUT2D eigenvalue weighted by atomic mass is 9.90. The smallest absolute Gasteiger partial charge is 0.337 e. The number of aryl methyl sites for hydroxylation is 3. The summed E-state index contributed by atoms with van der Waals surface area (Å²) in [7, 11) is 1.41. The molecule has 0 aliphatic carbocycles. The molecule has 0 aliphatic heterocycles. The summed E-state index contributed by atoms with van der Waals surface area (Å²) in [6.07, 6.45) is 0. The van der Waals surface area contributed by atoms with E-state index in [1.165, 1.54) is 29.4 Å². The highest BCUT2D eigenvalue weighted by atomic mass is 16.5. The number of esters is 1. The van der Waals surface area contributed by atoms with Crippen molar-refractivity contribution in [3.05, 3.63) is 70.8 Å². The Hall–Kier alpha value is -2.61.